The van der Waals surface area contributed by atoms with Gasteiger partial charge in [-0.15, -0.1) is 0 Å². The minimum Gasteiger partial charge on any atom is -0.345 e. The summed E-state index contributed by atoms with van der Waals surface area (Å²) >= 11 is 0. The largest absolute Gasteiger partial charge is 0.345 e. The fourth-order valence-electron chi connectivity index (χ4n) is 2.32. The summed E-state index contributed by atoms with van der Waals surface area (Å²) in [5, 5.41) is 3.40. The molecule has 3 nitrogen and oxygen atoms in total. The van der Waals surface area contributed by atoms with Crippen molar-refractivity contribution in [2.45, 2.75) is 51.9 Å². The van der Waals surface area contributed by atoms with Gasteiger partial charge in [-0.2, -0.15) is 0 Å². The lowest BCUT2D eigenvalue weighted by molar-refractivity contribution is 0.451. The SMILES string of the molecule is Cc1[nH]c(C(C)(C)C)nc1C1CCNCC1. The summed E-state index contributed by atoms with van der Waals surface area (Å²) in [4.78, 5) is 8.27. The molecule has 0 aliphatic carbocycles. The maximum absolute atomic E-state index is 4.82. The standard InChI is InChI=1S/C13H23N3/c1-9-11(10-5-7-14-8-6-10)16-12(15-9)13(2,3)4/h10,14H,5-8H2,1-4H3,(H,15,16). The summed E-state index contributed by atoms with van der Waals surface area (Å²) in [7, 11) is 0. The predicted octanol–water partition coefficient (Wildman–Crippen LogP) is 2.48. The molecule has 2 heterocycles. The van der Waals surface area contributed by atoms with Crippen LogP contribution >= 0.6 is 0 Å². The number of nitrogens with one attached hydrogen (secondary N) is 2. The van der Waals surface area contributed by atoms with Crippen molar-refractivity contribution in [1.29, 1.82) is 0 Å². The van der Waals surface area contributed by atoms with E-state index < -0.39 is 0 Å². The summed E-state index contributed by atoms with van der Waals surface area (Å²) < 4.78 is 0. The number of aryl methyl sites for hydroxylation is 1. The van der Waals surface area contributed by atoms with Crippen LogP contribution in [0.15, 0.2) is 0 Å². The number of piperidine rings is 1. The molecule has 0 bridgehead atoms. The molecule has 1 aromatic heterocycles. The second-order valence-corrected chi connectivity index (χ2v) is 5.87. The number of imidazole rings is 1. The second-order valence-electron chi connectivity index (χ2n) is 5.87. The third-order valence-electron chi connectivity index (χ3n) is 3.36. The number of hydrogen-bond acceptors (Lipinski definition) is 2. The average Bonchev–Trinajstić information content (AvgIpc) is 2.61. The van der Waals surface area contributed by atoms with Crippen LogP contribution in [0.2, 0.25) is 0 Å². The van der Waals surface area contributed by atoms with E-state index in [2.05, 4.69) is 38.0 Å². The van der Waals surface area contributed by atoms with Gasteiger partial charge >= 0.3 is 0 Å². The number of aromatic nitrogens is 2. The van der Waals surface area contributed by atoms with E-state index in [1.165, 1.54) is 24.2 Å². The summed E-state index contributed by atoms with van der Waals surface area (Å²) in [5.74, 6) is 1.77. The molecule has 0 unspecified atom stereocenters. The van der Waals surface area contributed by atoms with Crippen molar-refractivity contribution in [3.63, 3.8) is 0 Å². The van der Waals surface area contributed by atoms with Crippen LogP contribution in [0, 0.1) is 6.92 Å². The molecule has 90 valence electrons. The zero-order valence-electron chi connectivity index (χ0n) is 10.9. The van der Waals surface area contributed by atoms with Crippen LogP contribution < -0.4 is 5.32 Å². The van der Waals surface area contributed by atoms with E-state index in [0.717, 1.165) is 18.9 Å². The highest BCUT2D eigenvalue weighted by Crippen LogP contribution is 2.29. The Morgan fingerprint density at radius 2 is 1.81 bits per heavy atom. The first kappa shape index (κ1) is 11.6. The topological polar surface area (TPSA) is 40.7 Å². The molecule has 1 saturated heterocycles. The zero-order chi connectivity index (χ0) is 11.8. The summed E-state index contributed by atoms with van der Waals surface area (Å²) in [5.41, 5.74) is 2.68. The molecule has 2 N–H and O–H groups in total. The van der Waals surface area contributed by atoms with E-state index in [9.17, 15) is 0 Å². The molecule has 1 aliphatic rings. The number of hydrogen-bond donors (Lipinski definition) is 2. The van der Waals surface area contributed by atoms with E-state index in [-0.39, 0.29) is 5.41 Å². The molecule has 3 heteroatoms. The molecule has 2 rings (SSSR count). The van der Waals surface area contributed by atoms with E-state index in [4.69, 9.17) is 4.98 Å². The van der Waals surface area contributed by atoms with Gasteiger partial charge in [0.1, 0.15) is 5.82 Å². The Morgan fingerprint density at radius 1 is 1.19 bits per heavy atom. The Hall–Kier alpha value is -0.830. The van der Waals surface area contributed by atoms with Gasteiger partial charge in [-0.1, -0.05) is 20.8 Å². The maximum atomic E-state index is 4.82. The quantitative estimate of drug-likeness (QED) is 0.765. The summed E-state index contributed by atoms with van der Waals surface area (Å²) in [6, 6.07) is 0. The second kappa shape index (κ2) is 4.21. The van der Waals surface area contributed by atoms with Crippen molar-refractivity contribution in [3.05, 3.63) is 17.2 Å². The van der Waals surface area contributed by atoms with Crippen molar-refractivity contribution < 1.29 is 0 Å². The van der Waals surface area contributed by atoms with E-state index >= 15 is 0 Å². The van der Waals surface area contributed by atoms with Gasteiger partial charge in [0.2, 0.25) is 0 Å². The summed E-state index contributed by atoms with van der Waals surface area (Å²) in [6.45, 7) is 11.0. The molecule has 16 heavy (non-hydrogen) atoms. The number of aromatic amines is 1. The van der Waals surface area contributed by atoms with Gasteiger partial charge in [0.05, 0.1) is 5.69 Å². The molecular weight excluding hydrogens is 198 g/mol. The molecule has 0 spiro atoms. The van der Waals surface area contributed by atoms with Gasteiger partial charge in [0.15, 0.2) is 0 Å². The highest BCUT2D eigenvalue weighted by atomic mass is 15.0. The van der Waals surface area contributed by atoms with Crippen LogP contribution in [0.25, 0.3) is 0 Å². The molecule has 0 radical (unpaired) electrons. The van der Waals surface area contributed by atoms with Crippen LogP contribution in [-0.4, -0.2) is 23.1 Å². The van der Waals surface area contributed by atoms with Gasteiger partial charge < -0.3 is 10.3 Å². The molecule has 0 atom stereocenters. The van der Waals surface area contributed by atoms with E-state index in [1.807, 2.05) is 0 Å². The first-order valence-electron chi connectivity index (χ1n) is 6.26. The monoisotopic (exact) mass is 221 g/mol. The van der Waals surface area contributed by atoms with Gasteiger partial charge in [-0.05, 0) is 32.9 Å². The lowest BCUT2D eigenvalue weighted by Gasteiger charge is -2.21. The van der Waals surface area contributed by atoms with Crippen LogP contribution in [0.4, 0.5) is 0 Å². The summed E-state index contributed by atoms with van der Waals surface area (Å²) in [6.07, 6.45) is 2.44. The van der Waals surface area contributed by atoms with Gasteiger partial charge in [0, 0.05) is 17.0 Å². The van der Waals surface area contributed by atoms with Crippen LogP contribution in [0.3, 0.4) is 0 Å². The fourth-order valence-corrected chi connectivity index (χ4v) is 2.32. The fraction of sp³-hybridized carbons (Fsp3) is 0.769. The van der Waals surface area contributed by atoms with E-state index in [1.54, 1.807) is 0 Å². The number of nitrogens with zero attached hydrogens (tertiary/aromatic N) is 1. The average molecular weight is 221 g/mol. The van der Waals surface area contributed by atoms with Crippen molar-refractivity contribution in [2.24, 2.45) is 0 Å². The van der Waals surface area contributed by atoms with Gasteiger partial charge in [0.25, 0.3) is 0 Å². The number of H-pyrrole nitrogens is 1. The third kappa shape index (κ3) is 2.29. The molecule has 0 aromatic carbocycles. The Labute approximate surface area is 98.1 Å². The normalized spacial score (nSPS) is 19.0. The van der Waals surface area contributed by atoms with Gasteiger partial charge in [-0.25, -0.2) is 4.98 Å². The Bertz CT molecular complexity index is 354. The first-order valence-corrected chi connectivity index (χ1v) is 6.26. The highest BCUT2D eigenvalue weighted by molar-refractivity contribution is 5.21. The van der Waals surface area contributed by atoms with Crippen molar-refractivity contribution in [3.8, 4) is 0 Å². The zero-order valence-corrected chi connectivity index (χ0v) is 10.9. The first-order chi connectivity index (χ1) is 7.48. The van der Waals surface area contributed by atoms with E-state index in [0.29, 0.717) is 5.92 Å². The van der Waals surface area contributed by atoms with Crippen molar-refractivity contribution in [1.82, 2.24) is 15.3 Å². The minimum atomic E-state index is 0.121. The van der Waals surface area contributed by atoms with Gasteiger partial charge in [-0.3, -0.25) is 0 Å². The predicted molar refractivity (Wildman–Crippen MR) is 66.9 cm³/mol. The Morgan fingerprint density at radius 3 is 2.31 bits per heavy atom. The smallest absolute Gasteiger partial charge is 0.111 e. The van der Waals surface area contributed by atoms with Crippen molar-refractivity contribution >= 4 is 0 Å². The van der Waals surface area contributed by atoms with Crippen LogP contribution in [-0.2, 0) is 5.41 Å². The van der Waals surface area contributed by atoms with Crippen molar-refractivity contribution in [2.75, 3.05) is 13.1 Å². The molecule has 1 aromatic rings. The third-order valence-corrected chi connectivity index (χ3v) is 3.36. The molecule has 0 amide bonds. The molecular formula is C13H23N3. The number of rotatable bonds is 1. The Balaban J connectivity index is 2.24. The molecule has 1 aliphatic heterocycles. The maximum Gasteiger partial charge on any atom is 0.111 e. The van der Waals surface area contributed by atoms with Crippen LogP contribution in [0.1, 0.15) is 56.7 Å². The molecule has 1 fully saturated rings. The lowest BCUT2D eigenvalue weighted by atomic mass is 9.93. The highest BCUT2D eigenvalue weighted by Gasteiger charge is 2.24. The Kier molecular flexibility index (Phi) is 3.06. The molecule has 0 saturated carbocycles. The minimum absolute atomic E-state index is 0.121. The van der Waals surface area contributed by atoms with Crippen LogP contribution in [0.5, 0.6) is 0 Å². The lowest BCUT2D eigenvalue weighted by Crippen LogP contribution is -2.27.